The maximum Gasteiger partial charge on any atom is 0.135 e. The largest absolute Gasteiger partial charge is 0.456 e. The van der Waals surface area contributed by atoms with E-state index in [4.69, 9.17) is 4.42 Å². The summed E-state index contributed by atoms with van der Waals surface area (Å²) in [4.78, 5) is 2.33. The molecule has 1 unspecified atom stereocenters. The van der Waals surface area contributed by atoms with Gasteiger partial charge in [0.2, 0.25) is 0 Å². The summed E-state index contributed by atoms with van der Waals surface area (Å²) in [5.74, 6) is 0.176. The molecule has 0 saturated heterocycles. The van der Waals surface area contributed by atoms with E-state index in [2.05, 4.69) is 170 Å². The van der Waals surface area contributed by atoms with Crippen LogP contribution in [0.1, 0.15) is 28.2 Å². The highest BCUT2D eigenvalue weighted by Gasteiger charge is 2.20. The molecule has 48 heavy (non-hydrogen) atoms. The number of nitrogens with zero attached hydrogens (tertiary/aromatic N) is 1. The average molecular weight is 636 g/mol. The van der Waals surface area contributed by atoms with Crippen molar-refractivity contribution in [2.45, 2.75) is 19.3 Å². The molecule has 0 bridgehead atoms. The number of para-hydroxylation sites is 3. The number of rotatable bonds is 7. The molecule has 0 aliphatic carbocycles. The van der Waals surface area contributed by atoms with E-state index in [-0.39, 0.29) is 5.92 Å². The van der Waals surface area contributed by atoms with Crippen LogP contribution in [0.25, 0.3) is 42.1 Å². The van der Waals surface area contributed by atoms with Crippen LogP contribution >= 0.6 is 11.3 Å². The van der Waals surface area contributed by atoms with Crippen molar-refractivity contribution in [1.29, 1.82) is 0 Å². The van der Waals surface area contributed by atoms with Crippen molar-refractivity contribution in [3.63, 3.8) is 0 Å². The van der Waals surface area contributed by atoms with Gasteiger partial charge in [-0.15, -0.1) is 11.3 Å². The number of thiophene rings is 1. The molecule has 0 aliphatic rings. The van der Waals surface area contributed by atoms with Gasteiger partial charge in [-0.25, -0.2) is 0 Å². The lowest BCUT2D eigenvalue weighted by atomic mass is 9.85. The van der Waals surface area contributed by atoms with Crippen molar-refractivity contribution in [1.82, 2.24) is 0 Å². The van der Waals surface area contributed by atoms with Crippen molar-refractivity contribution in [3.05, 3.63) is 186 Å². The maximum atomic E-state index is 6.35. The topological polar surface area (TPSA) is 16.4 Å². The summed E-state index contributed by atoms with van der Waals surface area (Å²) in [5.41, 5.74) is 10.5. The summed E-state index contributed by atoms with van der Waals surface area (Å²) in [7, 11) is 0. The van der Waals surface area contributed by atoms with Crippen LogP contribution in [-0.4, -0.2) is 0 Å². The Morgan fingerprint density at radius 3 is 1.92 bits per heavy atom. The van der Waals surface area contributed by atoms with Crippen LogP contribution in [0, 0.1) is 6.92 Å². The summed E-state index contributed by atoms with van der Waals surface area (Å²) >= 11 is 1.87. The first kappa shape index (κ1) is 28.6. The Morgan fingerprint density at radius 2 is 1.15 bits per heavy atom. The second kappa shape index (κ2) is 11.9. The van der Waals surface area contributed by atoms with E-state index in [1.54, 1.807) is 0 Å². The predicted octanol–water partition coefficient (Wildman–Crippen LogP) is 13.1. The van der Waals surface area contributed by atoms with Gasteiger partial charge in [-0.2, -0.15) is 0 Å². The van der Waals surface area contributed by atoms with Gasteiger partial charge < -0.3 is 9.32 Å². The number of fused-ring (bicyclic) bond motifs is 6. The van der Waals surface area contributed by atoms with Crippen LogP contribution in [-0.2, 0) is 6.42 Å². The maximum absolute atomic E-state index is 6.35. The number of hydrogen-bond donors (Lipinski definition) is 0. The fraction of sp³-hybridized carbons (Fsp3) is 0.0667. The SMILES string of the molecule is Cc1ccc(CC(c2ccc3c(c2)oc2ccccc23)c2ccc3sc4cc(N(c5ccccc5)c5ccccc5)ccc4c3c2)cc1. The van der Waals surface area contributed by atoms with Gasteiger partial charge in [-0.1, -0.05) is 109 Å². The Balaban J connectivity index is 1.16. The normalized spacial score (nSPS) is 12.3. The van der Waals surface area contributed by atoms with Gasteiger partial charge in [0.25, 0.3) is 0 Å². The molecular formula is C45H33NOS. The Labute approximate surface area is 284 Å². The smallest absolute Gasteiger partial charge is 0.135 e. The van der Waals surface area contributed by atoms with E-state index in [0.717, 1.165) is 40.0 Å². The van der Waals surface area contributed by atoms with Crippen LogP contribution in [0.5, 0.6) is 0 Å². The van der Waals surface area contributed by atoms with E-state index < -0.39 is 0 Å². The Hall–Kier alpha value is -5.64. The molecule has 9 rings (SSSR count). The van der Waals surface area contributed by atoms with Crippen molar-refractivity contribution in [2.24, 2.45) is 0 Å². The standard InChI is InChI=1S/C45H33NOS/c1-30-16-18-31(19-17-30)26-40(33-20-23-38-37-14-8-9-15-42(37)47-43(38)28-33)32-21-25-44-41(27-32)39-24-22-36(29-45(39)48-44)46(34-10-4-2-5-11-34)35-12-6-3-7-13-35/h2-25,27-29,40H,26H2,1H3. The quantitative estimate of drug-likeness (QED) is 0.173. The third-order valence-corrected chi connectivity index (χ3v) is 10.7. The van der Waals surface area contributed by atoms with E-state index in [1.165, 1.54) is 47.8 Å². The van der Waals surface area contributed by atoms with E-state index in [1.807, 2.05) is 17.4 Å². The third-order valence-electron chi connectivity index (χ3n) is 9.53. The van der Waals surface area contributed by atoms with E-state index in [9.17, 15) is 0 Å². The zero-order valence-electron chi connectivity index (χ0n) is 26.6. The average Bonchev–Trinajstić information content (AvgIpc) is 3.69. The zero-order valence-corrected chi connectivity index (χ0v) is 27.5. The Morgan fingerprint density at radius 1 is 0.500 bits per heavy atom. The van der Waals surface area contributed by atoms with Crippen LogP contribution in [0.15, 0.2) is 168 Å². The molecule has 0 radical (unpaired) electrons. The summed E-state index contributed by atoms with van der Waals surface area (Å²) in [5, 5.41) is 4.93. The first-order valence-electron chi connectivity index (χ1n) is 16.5. The van der Waals surface area contributed by atoms with Gasteiger partial charge in [-0.05, 0) is 90.7 Å². The second-order valence-electron chi connectivity index (χ2n) is 12.6. The van der Waals surface area contributed by atoms with Gasteiger partial charge in [0.15, 0.2) is 0 Å². The molecule has 9 aromatic rings. The van der Waals surface area contributed by atoms with Crippen molar-refractivity contribution >= 4 is 70.5 Å². The highest BCUT2D eigenvalue weighted by molar-refractivity contribution is 7.25. The number of aryl methyl sites for hydroxylation is 1. The highest BCUT2D eigenvalue weighted by atomic mass is 32.1. The van der Waals surface area contributed by atoms with Gasteiger partial charge in [0.05, 0.1) is 0 Å². The zero-order chi connectivity index (χ0) is 32.0. The lowest BCUT2D eigenvalue weighted by Crippen LogP contribution is -2.09. The van der Waals surface area contributed by atoms with Crippen molar-refractivity contribution < 1.29 is 4.42 Å². The Kier molecular flexibility index (Phi) is 7.06. The molecule has 0 amide bonds. The first-order valence-corrected chi connectivity index (χ1v) is 17.3. The van der Waals surface area contributed by atoms with Crippen LogP contribution < -0.4 is 4.90 Å². The van der Waals surface area contributed by atoms with Gasteiger partial charge in [0.1, 0.15) is 11.2 Å². The summed E-state index contributed by atoms with van der Waals surface area (Å²) in [6.07, 6.45) is 0.910. The summed E-state index contributed by atoms with van der Waals surface area (Å²) < 4.78 is 8.94. The van der Waals surface area contributed by atoms with Gasteiger partial charge >= 0.3 is 0 Å². The third kappa shape index (κ3) is 5.13. The Bertz CT molecular complexity index is 2510. The minimum atomic E-state index is 0.176. The number of benzene rings is 7. The molecule has 2 nitrogen and oxygen atoms in total. The van der Waals surface area contributed by atoms with Crippen LogP contribution in [0.2, 0.25) is 0 Å². The highest BCUT2D eigenvalue weighted by Crippen LogP contribution is 2.42. The van der Waals surface area contributed by atoms with E-state index >= 15 is 0 Å². The fourth-order valence-corrected chi connectivity index (χ4v) is 8.21. The molecule has 2 aromatic heterocycles. The summed E-state index contributed by atoms with van der Waals surface area (Å²) in [6, 6.07) is 59.3. The van der Waals surface area contributed by atoms with E-state index in [0.29, 0.717) is 0 Å². The lowest BCUT2D eigenvalue weighted by Gasteiger charge is -2.25. The molecule has 2 heterocycles. The van der Waals surface area contributed by atoms with Crippen molar-refractivity contribution in [3.8, 4) is 0 Å². The number of anilines is 3. The molecule has 0 spiro atoms. The molecule has 0 aliphatic heterocycles. The lowest BCUT2D eigenvalue weighted by molar-refractivity contribution is 0.667. The molecule has 0 N–H and O–H groups in total. The molecule has 3 heteroatoms. The second-order valence-corrected chi connectivity index (χ2v) is 13.7. The van der Waals surface area contributed by atoms with Crippen LogP contribution in [0.4, 0.5) is 17.1 Å². The molecule has 230 valence electrons. The van der Waals surface area contributed by atoms with Crippen molar-refractivity contribution in [2.75, 3.05) is 4.90 Å². The minimum absolute atomic E-state index is 0.176. The number of furan rings is 1. The monoisotopic (exact) mass is 635 g/mol. The molecule has 0 fully saturated rings. The van der Waals surface area contributed by atoms with Crippen LogP contribution in [0.3, 0.4) is 0 Å². The summed E-state index contributed by atoms with van der Waals surface area (Å²) in [6.45, 7) is 2.15. The van der Waals surface area contributed by atoms with Gasteiger partial charge in [-0.3, -0.25) is 0 Å². The number of hydrogen-bond acceptors (Lipinski definition) is 3. The minimum Gasteiger partial charge on any atom is -0.456 e. The molecule has 7 aromatic carbocycles. The molecule has 1 atom stereocenters. The predicted molar refractivity (Wildman–Crippen MR) is 204 cm³/mol. The molecule has 0 saturated carbocycles. The fourth-order valence-electron chi connectivity index (χ4n) is 7.09. The first-order chi connectivity index (χ1) is 23.7. The van der Waals surface area contributed by atoms with Gasteiger partial charge in [0, 0.05) is 53.9 Å². The molecular weight excluding hydrogens is 603 g/mol.